The van der Waals surface area contributed by atoms with E-state index >= 15 is 0 Å². The maximum Gasteiger partial charge on any atom is 0.254 e. The SMILES string of the molecule is CN=CC(=CN)C1[C@H](C(=O)Nc2ccc(F)c(C#N)c2)c2ccccc2C(=O)N1CC(C)C. The van der Waals surface area contributed by atoms with Crippen molar-refractivity contribution < 1.29 is 14.0 Å². The van der Waals surface area contributed by atoms with Crippen LogP contribution in [-0.2, 0) is 4.79 Å². The van der Waals surface area contributed by atoms with Crippen LogP contribution in [-0.4, -0.2) is 42.6 Å². The molecular formula is C25H26FN5O2. The number of hydrogen-bond donors (Lipinski definition) is 2. The third kappa shape index (κ3) is 4.77. The minimum absolute atomic E-state index is 0.137. The van der Waals surface area contributed by atoms with Gasteiger partial charge < -0.3 is 16.0 Å². The standard InChI is InChI=1S/C25H26FN5O2/c1-15(2)14-31-23(17(12-28)13-29-3)22(19-6-4-5-7-20(19)25(31)33)24(32)30-18-8-9-21(26)16(10-18)11-27/h4-10,12-13,15,22-23H,14,28H2,1-3H3,(H,30,32)/t22-,23?/m1/s1. The summed E-state index contributed by atoms with van der Waals surface area (Å²) in [7, 11) is 1.59. The number of fused-ring (bicyclic) bond motifs is 1. The van der Waals surface area contributed by atoms with Crippen molar-refractivity contribution in [2.75, 3.05) is 18.9 Å². The van der Waals surface area contributed by atoms with Gasteiger partial charge in [-0.05, 0) is 35.7 Å². The molecule has 2 aromatic carbocycles. The molecule has 0 spiro atoms. The molecule has 2 amide bonds. The summed E-state index contributed by atoms with van der Waals surface area (Å²) in [6.07, 6.45) is 2.91. The van der Waals surface area contributed by atoms with E-state index < -0.39 is 23.7 Å². The Hall–Kier alpha value is -3.99. The van der Waals surface area contributed by atoms with Crippen molar-refractivity contribution in [2.45, 2.75) is 25.8 Å². The number of aliphatic imine (C=N–C) groups is 1. The number of nitriles is 1. The van der Waals surface area contributed by atoms with E-state index in [1.54, 1.807) is 48.5 Å². The number of amides is 2. The first-order valence-corrected chi connectivity index (χ1v) is 10.6. The van der Waals surface area contributed by atoms with Gasteiger partial charge in [0.15, 0.2) is 0 Å². The highest BCUT2D eigenvalue weighted by Gasteiger charge is 2.44. The quantitative estimate of drug-likeness (QED) is 0.661. The molecule has 2 aromatic rings. The van der Waals surface area contributed by atoms with Crippen LogP contribution in [0, 0.1) is 23.1 Å². The zero-order valence-electron chi connectivity index (χ0n) is 18.7. The number of rotatable bonds is 6. The molecule has 3 N–H and O–H groups in total. The van der Waals surface area contributed by atoms with Gasteiger partial charge in [-0.2, -0.15) is 5.26 Å². The number of anilines is 1. The highest BCUT2D eigenvalue weighted by atomic mass is 19.1. The van der Waals surface area contributed by atoms with Crippen LogP contribution in [0.3, 0.4) is 0 Å². The molecule has 0 saturated carbocycles. The van der Waals surface area contributed by atoms with Gasteiger partial charge in [0.2, 0.25) is 5.91 Å². The Morgan fingerprint density at radius 2 is 2.06 bits per heavy atom. The van der Waals surface area contributed by atoms with E-state index in [9.17, 15) is 14.0 Å². The van der Waals surface area contributed by atoms with E-state index in [0.717, 1.165) is 6.07 Å². The van der Waals surface area contributed by atoms with E-state index in [4.69, 9.17) is 11.0 Å². The second-order valence-corrected chi connectivity index (χ2v) is 8.21. The molecular weight excluding hydrogens is 421 g/mol. The van der Waals surface area contributed by atoms with Crippen molar-refractivity contribution in [1.29, 1.82) is 5.26 Å². The number of benzene rings is 2. The summed E-state index contributed by atoms with van der Waals surface area (Å²) in [4.78, 5) is 32.8. The van der Waals surface area contributed by atoms with Crippen molar-refractivity contribution in [3.05, 3.63) is 76.7 Å². The molecule has 0 aromatic heterocycles. The third-order valence-electron chi connectivity index (χ3n) is 5.45. The van der Waals surface area contributed by atoms with Gasteiger partial charge in [-0.25, -0.2) is 4.39 Å². The average molecular weight is 448 g/mol. The van der Waals surface area contributed by atoms with Crippen molar-refractivity contribution in [2.24, 2.45) is 16.6 Å². The molecule has 33 heavy (non-hydrogen) atoms. The van der Waals surface area contributed by atoms with Gasteiger partial charge in [-0.15, -0.1) is 0 Å². The Morgan fingerprint density at radius 3 is 2.70 bits per heavy atom. The summed E-state index contributed by atoms with van der Waals surface area (Å²) in [5.41, 5.74) is 7.56. The van der Waals surface area contributed by atoms with Crippen molar-refractivity contribution in [1.82, 2.24) is 4.90 Å². The zero-order valence-corrected chi connectivity index (χ0v) is 18.7. The first kappa shape index (κ1) is 23.7. The summed E-state index contributed by atoms with van der Waals surface area (Å²) >= 11 is 0. The van der Waals surface area contributed by atoms with E-state index in [0.29, 0.717) is 23.2 Å². The van der Waals surface area contributed by atoms with Gasteiger partial charge in [-0.1, -0.05) is 32.0 Å². The number of halogens is 1. The molecule has 8 heteroatoms. The van der Waals surface area contributed by atoms with E-state index in [1.165, 1.54) is 18.3 Å². The molecule has 1 unspecified atom stereocenters. The lowest BCUT2D eigenvalue weighted by atomic mass is 9.78. The molecule has 1 heterocycles. The highest BCUT2D eigenvalue weighted by Crippen LogP contribution is 2.37. The first-order valence-electron chi connectivity index (χ1n) is 10.6. The van der Waals surface area contributed by atoms with Gasteiger partial charge in [0, 0.05) is 42.8 Å². The topological polar surface area (TPSA) is 112 Å². The zero-order chi connectivity index (χ0) is 24.1. The van der Waals surface area contributed by atoms with Gasteiger partial charge in [-0.3, -0.25) is 14.6 Å². The maximum atomic E-state index is 13.8. The number of nitrogens with one attached hydrogen (secondary N) is 1. The van der Waals surface area contributed by atoms with E-state index in [2.05, 4.69) is 10.3 Å². The lowest BCUT2D eigenvalue weighted by Gasteiger charge is -2.42. The molecule has 3 rings (SSSR count). The van der Waals surface area contributed by atoms with Gasteiger partial charge in [0.1, 0.15) is 11.9 Å². The summed E-state index contributed by atoms with van der Waals surface area (Å²) in [6, 6.07) is 11.9. The Labute approximate surface area is 192 Å². The molecule has 7 nitrogen and oxygen atoms in total. The second kappa shape index (κ2) is 10.1. The monoisotopic (exact) mass is 447 g/mol. The van der Waals surface area contributed by atoms with E-state index in [1.807, 2.05) is 13.8 Å². The molecule has 170 valence electrons. The second-order valence-electron chi connectivity index (χ2n) is 8.21. The highest BCUT2D eigenvalue weighted by molar-refractivity contribution is 6.06. The smallest absolute Gasteiger partial charge is 0.254 e. The molecule has 1 aliphatic heterocycles. The lowest BCUT2D eigenvalue weighted by molar-refractivity contribution is -0.118. The Kier molecular flexibility index (Phi) is 7.23. The number of nitrogens with zero attached hydrogens (tertiary/aromatic N) is 3. The Balaban J connectivity index is 2.15. The van der Waals surface area contributed by atoms with Crippen LogP contribution in [0.15, 0.2) is 59.2 Å². The van der Waals surface area contributed by atoms with Gasteiger partial charge in [0.05, 0.1) is 17.5 Å². The van der Waals surface area contributed by atoms with Gasteiger partial charge >= 0.3 is 0 Å². The van der Waals surface area contributed by atoms with Crippen LogP contribution < -0.4 is 11.1 Å². The minimum atomic E-state index is -0.805. The van der Waals surface area contributed by atoms with Crippen LogP contribution in [0.1, 0.15) is 41.3 Å². The van der Waals surface area contributed by atoms with Crippen LogP contribution in [0.2, 0.25) is 0 Å². The number of carbonyl (C=O) groups is 2. The summed E-state index contributed by atoms with van der Waals surface area (Å²) in [5, 5.41) is 11.9. The fourth-order valence-corrected chi connectivity index (χ4v) is 4.12. The Morgan fingerprint density at radius 1 is 1.33 bits per heavy atom. The summed E-state index contributed by atoms with van der Waals surface area (Å²) < 4.78 is 13.8. The largest absolute Gasteiger partial charge is 0.404 e. The van der Waals surface area contributed by atoms with Crippen molar-refractivity contribution in [3.8, 4) is 6.07 Å². The predicted octanol–water partition coefficient (Wildman–Crippen LogP) is 3.44. The number of nitrogens with two attached hydrogens (primary N) is 1. The molecule has 0 radical (unpaired) electrons. The lowest BCUT2D eigenvalue weighted by Crippen LogP contribution is -2.53. The molecule has 0 aliphatic carbocycles. The summed E-state index contributed by atoms with van der Waals surface area (Å²) in [5.74, 6) is -1.93. The molecule has 0 bridgehead atoms. The maximum absolute atomic E-state index is 13.8. The molecule has 0 saturated heterocycles. The Bertz CT molecular complexity index is 1170. The van der Waals surface area contributed by atoms with Crippen LogP contribution >= 0.6 is 0 Å². The molecule has 1 aliphatic rings. The fraction of sp³-hybridized carbons (Fsp3) is 0.280. The van der Waals surface area contributed by atoms with Crippen LogP contribution in [0.25, 0.3) is 0 Å². The van der Waals surface area contributed by atoms with Crippen molar-refractivity contribution >= 4 is 23.7 Å². The minimum Gasteiger partial charge on any atom is -0.404 e. The summed E-state index contributed by atoms with van der Waals surface area (Å²) in [6.45, 7) is 4.38. The molecule has 0 fully saturated rings. The van der Waals surface area contributed by atoms with Crippen LogP contribution in [0.5, 0.6) is 0 Å². The number of carbonyl (C=O) groups excluding carboxylic acids is 2. The fourth-order valence-electron chi connectivity index (χ4n) is 4.12. The van der Waals surface area contributed by atoms with Crippen molar-refractivity contribution in [3.63, 3.8) is 0 Å². The molecule has 2 atom stereocenters. The number of hydrogen-bond acceptors (Lipinski definition) is 5. The van der Waals surface area contributed by atoms with Crippen LogP contribution in [0.4, 0.5) is 10.1 Å². The first-order chi connectivity index (χ1) is 15.8. The normalized spacial score (nSPS) is 18.4. The average Bonchev–Trinajstić information content (AvgIpc) is 2.80. The van der Waals surface area contributed by atoms with E-state index in [-0.39, 0.29) is 23.1 Å². The third-order valence-corrected chi connectivity index (χ3v) is 5.45. The van der Waals surface area contributed by atoms with Gasteiger partial charge in [0.25, 0.3) is 5.91 Å². The predicted molar refractivity (Wildman–Crippen MR) is 125 cm³/mol.